The quantitative estimate of drug-likeness (QED) is 0.775. The fraction of sp³-hybridized carbons (Fsp3) is 0.562. The zero-order valence-electron chi connectivity index (χ0n) is 13.1. The number of hydrogen-bond acceptors (Lipinski definition) is 3. The third kappa shape index (κ3) is 5.30. The highest BCUT2D eigenvalue weighted by Gasteiger charge is 2.32. The summed E-state index contributed by atoms with van der Waals surface area (Å²) in [5.41, 5.74) is 7.53. The van der Waals surface area contributed by atoms with Gasteiger partial charge >= 0.3 is 0 Å². The van der Waals surface area contributed by atoms with E-state index in [1.165, 1.54) is 0 Å². The van der Waals surface area contributed by atoms with Crippen LogP contribution in [0, 0.1) is 5.41 Å². The minimum Gasteiger partial charge on any atom is -0.380 e. The van der Waals surface area contributed by atoms with E-state index in [1.54, 1.807) is 7.11 Å². The molecule has 0 bridgehead atoms. The average Bonchev–Trinajstić information content (AvgIpc) is 2.48. The second kappa shape index (κ2) is 9.77. The number of halogens is 1. The van der Waals surface area contributed by atoms with Crippen molar-refractivity contribution in [3.05, 3.63) is 35.4 Å². The molecule has 1 amide bonds. The van der Waals surface area contributed by atoms with Gasteiger partial charge in [0.15, 0.2) is 0 Å². The van der Waals surface area contributed by atoms with Crippen molar-refractivity contribution < 1.29 is 9.53 Å². The van der Waals surface area contributed by atoms with Crippen molar-refractivity contribution in [1.29, 1.82) is 0 Å². The molecule has 0 aliphatic heterocycles. The van der Waals surface area contributed by atoms with Crippen LogP contribution in [0.1, 0.15) is 37.8 Å². The molecular formula is C16H27ClN2O2. The molecule has 0 unspecified atom stereocenters. The molecule has 1 rings (SSSR count). The Balaban J connectivity index is 0.00000400. The number of nitrogens with two attached hydrogens (primary N) is 1. The standard InChI is InChI=1S/C16H26N2O2.ClH/c1-4-16(5-2,12-17)15(19)18-10-13-7-6-8-14(9-13)11-20-3;/h6-9H,4-5,10-12,17H2,1-3H3,(H,18,19);1H. The first-order valence-corrected chi connectivity index (χ1v) is 7.17. The van der Waals surface area contributed by atoms with Crippen molar-refractivity contribution in [2.45, 2.75) is 39.8 Å². The number of hydrogen-bond donors (Lipinski definition) is 2. The van der Waals surface area contributed by atoms with Gasteiger partial charge in [-0.05, 0) is 24.0 Å². The van der Waals surface area contributed by atoms with Crippen LogP contribution in [0.25, 0.3) is 0 Å². The molecule has 1 aromatic rings. The average molecular weight is 315 g/mol. The molecular weight excluding hydrogens is 288 g/mol. The van der Waals surface area contributed by atoms with Gasteiger partial charge in [-0.25, -0.2) is 0 Å². The molecule has 0 aliphatic rings. The highest BCUT2D eigenvalue weighted by molar-refractivity contribution is 5.85. The van der Waals surface area contributed by atoms with E-state index in [-0.39, 0.29) is 18.3 Å². The SMILES string of the molecule is CCC(CC)(CN)C(=O)NCc1cccc(COC)c1.Cl. The summed E-state index contributed by atoms with van der Waals surface area (Å²) in [7, 11) is 1.67. The summed E-state index contributed by atoms with van der Waals surface area (Å²) in [6.45, 7) is 5.51. The van der Waals surface area contributed by atoms with E-state index in [0.29, 0.717) is 19.7 Å². The molecule has 3 N–H and O–H groups in total. The molecule has 0 aliphatic carbocycles. The van der Waals surface area contributed by atoms with Gasteiger partial charge in [0.1, 0.15) is 0 Å². The molecule has 21 heavy (non-hydrogen) atoms. The van der Waals surface area contributed by atoms with Crippen LogP contribution in [-0.2, 0) is 22.7 Å². The molecule has 0 atom stereocenters. The lowest BCUT2D eigenvalue weighted by Gasteiger charge is -2.28. The van der Waals surface area contributed by atoms with E-state index in [0.717, 1.165) is 24.0 Å². The number of carbonyl (C=O) groups excluding carboxylic acids is 1. The summed E-state index contributed by atoms with van der Waals surface area (Å²) in [5.74, 6) is 0.0437. The first-order chi connectivity index (χ1) is 9.61. The Labute approximate surface area is 133 Å². The van der Waals surface area contributed by atoms with Crippen LogP contribution >= 0.6 is 12.4 Å². The maximum Gasteiger partial charge on any atom is 0.227 e. The molecule has 1 aromatic carbocycles. The van der Waals surface area contributed by atoms with Gasteiger partial charge in [0, 0.05) is 20.2 Å². The van der Waals surface area contributed by atoms with Crippen LogP contribution in [0.2, 0.25) is 0 Å². The Morgan fingerprint density at radius 3 is 2.43 bits per heavy atom. The zero-order valence-corrected chi connectivity index (χ0v) is 14.0. The summed E-state index contributed by atoms with van der Waals surface area (Å²) in [4.78, 5) is 12.3. The van der Waals surface area contributed by atoms with E-state index in [2.05, 4.69) is 5.32 Å². The van der Waals surface area contributed by atoms with Crippen LogP contribution in [-0.4, -0.2) is 19.6 Å². The van der Waals surface area contributed by atoms with Crippen molar-refractivity contribution >= 4 is 18.3 Å². The molecule has 0 radical (unpaired) electrons. The smallest absolute Gasteiger partial charge is 0.227 e. The van der Waals surface area contributed by atoms with E-state index in [1.807, 2.05) is 38.1 Å². The molecule has 0 saturated heterocycles. The van der Waals surface area contributed by atoms with Gasteiger partial charge in [0.25, 0.3) is 0 Å². The highest BCUT2D eigenvalue weighted by Crippen LogP contribution is 2.25. The molecule has 0 heterocycles. The maximum absolute atomic E-state index is 12.3. The van der Waals surface area contributed by atoms with Crippen molar-refractivity contribution in [2.24, 2.45) is 11.1 Å². The third-order valence-corrected chi connectivity index (χ3v) is 3.98. The van der Waals surface area contributed by atoms with Crippen molar-refractivity contribution in [3.63, 3.8) is 0 Å². The van der Waals surface area contributed by atoms with E-state index < -0.39 is 5.41 Å². The van der Waals surface area contributed by atoms with Gasteiger partial charge in [-0.1, -0.05) is 38.1 Å². The predicted octanol–water partition coefficient (Wildman–Crippen LogP) is 2.64. The minimum atomic E-state index is -0.440. The van der Waals surface area contributed by atoms with Crippen LogP contribution < -0.4 is 11.1 Å². The lowest BCUT2D eigenvalue weighted by Crippen LogP contribution is -2.45. The fourth-order valence-electron chi connectivity index (χ4n) is 2.32. The lowest BCUT2D eigenvalue weighted by atomic mass is 9.81. The van der Waals surface area contributed by atoms with Crippen LogP contribution in [0.4, 0.5) is 0 Å². The molecule has 0 fully saturated rings. The van der Waals surface area contributed by atoms with Crippen LogP contribution in [0.3, 0.4) is 0 Å². The zero-order chi connectivity index (χ0) is 15.0. The van der Waals surface area contributed by atoms with E-state index in [4.69, 9.17) is 10.5 Å². The Morgan fingerprint density at radius 2 is 1.90 bits per heavy atom. The second-order valence-electron chi connectivity index (χ2n) is 5.13. The number of amides is 1. The van der Waals surface area contributed by atoms with Gasteiger partial charge in [0.2, 0.25) is 5.91 Å². The number of rotatable bonds is 8. The summed E-state index contributed by atoms with van der Waals surface area (Å²) in [6, 6.07) is 8.04. The maximum atomic E-state index is 12.3. The summed E-state index contributed by atoms with van der Waals surface area (Å²) in [5, 5.41) is 3.00. The minimum absolute atomic E-state index is 0. The first kappa shape index (κ1) is 19.9. The number of methoxy groups -OCH3 is 1. The lowest BCUT2D eigenvalue weighted by molar-refractivity contribution is -0.131. The molecule has 120 valence electrons. The van der Waals surface area contributed by atoms with Crippen LogP contribution in [0.15, 0.2) is 24.3 Å². The normalized spacial score (nSPS) is 10.9. The van der Waals surface area contributed by atoms with Gasteiger partial charge in [-0.15, -0.1) is 12.4 Å². The summed E-state index contributed by atoms with van der Waals surface area (Å²) in [6.07, 6.45) is 1.52. The monoisotopic (exact) mass is 314 g/mol. The predicted molar refractivity (Wildman–Crippen MR) is 88.3 cm³/mol. The highest BCUT2D eigenvalue weighted by atomic mass is 35.5. The third-order valence-electron chi connectivity index (χ3n) is 3.98. The van der Waals surface area contributed by atoms with Crippen LogP contribution in [0.5, 0.6) is 0 Å². The Kier molecular flexibility index (Phi) is 9.26. The summed E-state index contributed by atoms with van der Waals surface area (Å²) >= 11 is 0. The Morgan fingerprint density at radius 1 is 1.29 bits per heavy atom. The van der Waals surface area contributed by atoms with Crippen molar-refractivity contribution in [1.82, 2.24) is 5.32 Å². The molecule has 4 nitrogen and oxygen atoms in total. The number of ether oxygens (including phenoxy) is 1. The fourth-order valence-corrected chi connectivity index (χ4v) is 2.32. The van der Waals surface area contributed by atoms with E-state index >= 15 is 0 Å². The van der Waals surface area contributed by atoms with Crippen molar-refractivity contribution in [2.75, 3.05) is 13.7 Å². The van der Waals surface area contributed by atoms with Gasteiger partial charge in [-0.3, -0.25) is 4.79 Å². The molecule has 0 spiro atoms. The Hall–Kier alpha value is -1.10. The van der Waals surface area contributed by atoms with Gasteiger partial charge < -0.3 is 15.8 Å². The topological polar surface area (TPSA) is 64.4 Å². The van der Waals surface area contributed by atoms with E-state index in [9.17, 15) is 4.79 Å². The Bertz CT molecular complexity index is 426. The summed E-state index contributed by atoms with van der Waals surface area (Å²) < 4.78 is 5.11. The molecule has 0 saturated carbocycles. The first-order valence-electron chi connectivity index (χ1n) is 7.17. The van der Waals surface area contributed by atoms with Gasteiger partial charge in [0.05, 0.1) is 12.0 Å². The number of carbonyl (C=O) groups is 1. The largest absolute Gasteiger partial charge is 0.380 e. The molecule has 0 aromatic heterocycles. The number of nitrogens with one attached hydrogen (secondary N) is 1. The number of benzene rings is 1. The van der Waals surface area contributed by atoms with Crippen molar-refractivity contribution in [3.8, 4) is 0 Å². The second-order valence-corrected chi connectivity index (χ2v) is 5.13. The molecule has 5 heteroatoms. The van der Waals surface area contributed by atoms with Gasteiger partial charge in [-0.2, -0.15) is 0 Å².